The molecule has 2 aromatic carbocycles. The molecule has 0 unspecified atom stereocenters. The number of nitrogens with zero attached hydrogens (tertiary/aromatic N) is 1. The van der Waals surface area contributed by atoms with Crippen LogP contribution in [0.5, 0.6) is 0 Å². The normalized spacial score (nSPS) is 9.77. The molecule has 2 heteroatoms. The minimum absolute atomic E-state index is 0.0377. The fraction of sp³-hybridized carbons (Fsp3) is 0. The van der Waals surface area contributed by atoms with E-state index in [1.54, 1.807) is 0 Å². The van der Waals surface area contributed by atoms with Gasteiger partial charge in [0, 0.05) is 0 Å². The van der Waals surface area contributed by atoms with Gasteiger partial charge in [-0.05, 0) is 0 Å². The van der Waals surface area contributed by atoms with Crippen LogP contribution in [0.1, 0.15) is 0 Å². The molecule has 2 aromatic rings. The summed E-state index contributed by atoms with van der Waals surface area (Å²) >= 11 is -0.0377. The predicted octanol–water partition coefficient (Wildman–Crippen LogP) is 1.65. The topological polar surface area (TPSA) is 23.8 Å². The van der Waals surface area contributed by atoms with Gasteiger partial charge in [0.2, 0.25) is 0 Å². The third-order valence-corrected chi connectivity index (χ3v) is 3.10. The van der Waals surface area contributed by atoms with Crippen molar-refractivity contribution in [3.63, 3.8) is 0 Å². The summed E-state index contributed by atoms with van der Waals surface area (Å²) in [6.45, 7) is 0. The maximum absolute atomic E-state index is 8.57. The molecular weight excluding hydrogens is 225 g/mol. The summed E-state index contributed by atoms with van der Waals surface area (Å²) < 4.78 is 1.15. The molecule has 0 N–H and O–H groups in total. The summed E-state index contributed by atoms with van der Waals surface area (Å²) in [5.74, 6) is 0. The van der Waals surface area contributed by atoms with E-state index < -0.39 is 0 Å². The third-order valence-electron chi connectivity index (χ3n) is 1.88. The first kappa shape index (κ1) is 8.31. The predicted molar refractivity (Wildman–Crippen MR) is 54.9 cm³/mol. The molecule has 0 saturated heterocycles. The van der Waals surface area contributed by atoms with Crippen molar-refractivity contribution >= 4 is 30.2 Å². The van der Waals surface area contributed by atoms with Crippen molar-refractivity contribution in [2.24, 2.45) is 0 Å². The minimum atomic E-state index is -0.0377. The number of fused-ring (bicyclic) bond motifs is 1. The summed E-state index contributed by atoms with van der Waals surface area (Å²) in [6.07, 6.45) is 0. The molecular formula is C11H7NSe. The van der Waals surface area contributed by atoms with E-state index in [0.717, 1.165) is 4.46 Å². The SMILES string of the molecule is N#C[Se]c1ccc2ccccc2c1. The van der Waals surface area contributed by atoms with Gasteiger partial charge in [0.1, 0.15) is 0 Å². The fourth-order valence-electron chi connectivity index (χ4n) is 1.28. The van der Waals surface area contributed by atoms with E-state index in [1.807, 2.05) is 18.2 Å². The average Bonchev–Trinajstić information content (AvgIpc) is 2.18. The van der Waals surface area contributed by atoms with Crippen molar-refractivity contribution < 1.29 is 0 Å². The summed E-state index contributed by atoms with van der Waals surface area (Å²) in [6, 6.07) is 14.4. The average molecular weight is 232 g/mol. The summed E-state index contributed by atoms with van der Waals surface area (Å²) in [4.78, 5) is 2.21. The Labute approximate surface area is 83.2 Å². The van der Waals surface area contributed by atoms with E-state index in [4.69, 9.17) is 5.26 Å². The van der Waals surface area contributed by atoms with Crippen LogP contribution in [-0.4, -0.2) is 15.0 Å². The molecule has 0 aliphatic carbocycles. The van der Waals surface area contributed by atoms with Gasteiger partial charge in [-0.25, -0.2) is 0 Å². The molecule has 0 aliphatic heterocycles. The molecule has 0 fully saturated rings. The van der Waals surface area contributed by atoms with Crippen LogP contribution in [0.15, 0.2) is 42.5 Å². The zero-order chi connectivity index (χ0) is 9.10. The van der Waals surface area contributed by atoms with Crippen molar-refractivity contribution in [2.75, 3.05) is 0 Å². The van der Waals surface area contributed by atoms with Crippen LogP contribution in [0, 0.1) is 10.2 Å². The van der Waals surface area contributed by atoms with Crippen LogP contribution in [0.4, 0.5) is 0 Å². The Morgan fingerprint density at radius 2 is 1.77 bits per heavy atom. The third kappa shape index (κ3) is 1.72. The van der Waals surface area contributed by atoms with Gasteiger partial charge < -0.3 is 0 Å². The molecule has 1 nitrogen and oxygen atoms in total. The van der Waals surface area contributed by atoms with Gasteiger partial charge >= 0.3 is 82.9 Å². The number of benzene rings is 2. The van der Waals surface area contributed by atoms with Gasteiger partial charge in [0.15, 0.2) is 0 Å². The molecule has 0 heterocycles. The second kappa shape index (κ2) is 3.62. The van der Waals surface area contributed by atoms with E-state index in [0.29, 0.717) is 0 Å². The van der Waals surface area contributed by atoms with Gasteiger partial charge in [0.05, 0.1) is 0 Å². The van der Waals surface area contributed by atoms with Crippen molar-refractivity contribution in [1.82, 2.24) is 0 Å². The summed E-state index contributed by atoms with van der Waals surface area (Å²) in [5.41, 5.74) is 0. The van der Waals surface area contributed by atoms with E-state index >= 15 is 0 Å². The zero-order valence-corrected chi connectivity index (χ0v) is 8.61. The van der Waals surface area contributed by atoms with E-state index in [1.165, 1.54) is 10.8 Å². The van der Waals surface area contributed by atoms with Gasteiger partial charge in [-0.3, -0.25) is 0 Å². The first-order valence-electron chi connectivity index (χ1n) is 3.95. The standard InChI is InChI=1S/C11H7NSe/c12-8-13-11-6-5-9-3-1-2-4-10(9)7-11/h1-7H. The number of nitriles is 1. The van der Waals surface area contributed by atoms with E-state index in [-0.39, 0.29) is 15.0 Å². The van der Waals surface area contributed by atoms with Crippen molar-refractivity contribution in [1.29, 1.82) is 5.26 Å². The molecule has 0 amide bonds. The quantitative estimate of drug-likeness (QED) is 0.686. The number of hydrogen-bond donors (Lipinski definition) is 0. The first-order valence-corrected chi connectivity index (χ1v) is 5.66. The second-order valence-corrected chi connectivity index (χ2v) is 4.50. The number of hydrogen-bond acceptors (Lipinski definition) is 1. The van der Waals surface area contributed by atoms with Gasteiger partial charge in [-0.1, -0.05) is 0 Å². The number of rotatable bonds is 1. The molecule has 2 rings (SSSR count). The first-order chi connectivity index (χ1) is 6.40. The fourth-order valence-corrected chi connectivity index (χ4v) is 2.18. The molecule has 0 atom stereocenters. The van der Waals surface area contributed by atoms with Crippen LogP contribution < -0.4 is 4.46 Å². The Morgan fingerprint density at radius 1 is 1.00 bits per heavy atom. The molecule has 0 bridgehead atoms. The Morgan fingerprint density at radius 3 is 2.54 bits per heavy atom. The molecule has 0 saturated carbocycles. The summed E-state index contributed by atoms with van der Waals surface area (Å²) in [5, 5.41) is 11.0. The molecule has 0 aromatic heterocycles. The van der Waals surface area contributed by atoms with Crippen LogP contribution in [0.2, 0.25) is 0 Å². The van der Waals surface area contributed by atoms with Crippen LogP contribution in [0.3, 0.4) is 0 Å². The van der Waals surface area contributed by atoms with Crippen molar-refractivity contribution in [2.45, 2.75) is 0 Å². The van der Waals surface area contributed by atoms with E-state index in [9.17, 15) is 0 Å². The van der Waals surface area contributed by atoms with Crippen molar-refractivity contribution in [3.05, 3.63) is 42.5 Å². The van der Waals surface area contributed by atoms with Crippen molar-refractivity contribution in [3.8, 4) is 4.97 Å². The monoisotopic (exact) mass is 233 g/mol. The van der Waals surface area contributed by atoms with Gasteiger partial charge in [0.25, 0.3) is 0 Å². The molecule has 0 spiro atoms. The molecule has 0 radical (unpaired) electrons. The second-order valence-electron chi connectivity index (χ2n) is 2.70. The Balaban J connectivity index is 2.57. The van der Waals surface area contributed by atoms with Gasteiger partial charge in [-0.2, -0.15) is 0 Å². The molecule has 62 valence electrons. The van der Waals surface area contributed by atoms with Crippen LogP contribution in [-0.2, 0) is 0 Å². The van der Waals surface area contributed by atoms with Gasteiger partial charge in [-0.15, -0.1) is 0 Å². The zero-order valence-electron chi connectivity index (χ0n) is 6.90. The maximum atomic E-state index is 8.57. The summed E-state index contributed by atoms with van der Waals surface area (Å²) in [7, 11) is 0. The van der Waals surface area contributed by atoms with Crippen LogP contribution >= 0.6 is 0 Å². The van der Waals surface area contributed by atoms with E-state index in [2.05, 4.69) is 29.2 Å². The van der Waals surface area contributed by atoms with Crippen LogP contribution in [0.25, 0.3) is 10.8 Å². The molecule has 0 aliphatic rings. The molecule has 13 heavy (non-hydrogen) atoms. The Hall–Kier alpha value is -1.29. The Kier molecular flexibility index (Phi) is 2.31. The Bertz CT molecular complexity index is 471.